The molecule has 2 N–H and O–H groups in total. The highest BCUT2D eigenvalue weighted by Gasteiger charge is 2.00. The van der Waals surface area contributed by atoms with E-state index < -0.39 is 0 Å². The maximum Gasteiger partial charge on any atom is 0.319 e. The minimum atomic E-state index is -0.197. The van der Waals surface area contributed by atoms with E-state index in [1.165, 1.54) is 0 Å². The second-order valence-corrected chi connectivity index (χ2v) is 4.49. The monoisotopic (exact) mass is 282 g/mol. The van der Waals surface area contributed by atoms with Crippen molar-refractivity contribution in [1.29, 1.82) is 0 Å². The van der Waals surface area contributed by atoms with Crippen LogP contribution in [0.15, 0.2) is 40.5 Å². The van der Waals surface area contributed by atoms with Crippen molar-refractivity contribution >= 4 is 22.0 Å². The summed E-state index contributed by atoms with van der Waals surface area (Å²) in [6.07, 6.45) is 1.68. The van der Waals surface area contributed by atoms with Gasteiger partial charge in [0, 0.05) is 17.2 Å². The lowest BCUT2D eigenvalue weighted by Crippen LogP contribution is -2.31. The molecule has 0 aromatic heterocycles. The highest BCUT2D eigenvalue weighted by Crippen LogP contribution is 2.15. The minimum Gasteiger partial charge on any atom is -0.334 e. The summed E-state index contributed by atoms with van der Waals surface area (Å²) >= 11 is 3.42. The number of rotatable bonds is 3. The molecule has 16 heavy (non-hydrogen) atoms. The zero-order chi connectivity index (χ0) is 12.0. The van der Waals surface area contributed by atoms with Crippen LogP contribution < -0.4 is 10.6 Å². The number of carbonyl (C=O) groups is 1. The number of carbonyl (C=O) groups excluding carboxylic acids is 1. The molecule has 1 aromatic rings. The normalized spacial score (nSPS) is 9.44. The highest BCUT2D eigenvalue weighted by molar-refractivity contribution is 9.10. The number of nitrogens with one attached hydrogen (secondary N) is 2. The van der Waals surface area contributed by atoms with E-state index in [0.717, 1.165) is 15.6 Å². The largest absolute Gasteiger partial charge is 0.334 e. The molecular weight excluding hydrogens is 268 g/mol. The molecule has 0 aliphatic carbocycles. The molecule has 4 heteroatoms. The first kappa shape index (κ1) is 12.8. The molecule has 0 heterocycles. The van der Waals surface area contributed by atoms with Crippen LogP contribution in [0.3, 0.4) is 0 Å². The van der Waals surface area contributed by atoms with Crippen molar-refractivity contribution in [2.75, 3.05) is 0 Å². The van der Waals surface area contributed by atoms with Gasteiger partial charge in [-0.15, -0.1) is 0 Å². The molecule has 0 atom stereocenters. The highest BCUT2D eigenvalue weighted by atomic mass is 79.9. The topological polar surface area (TPSA) is 41.1 Å². The lowest BCUT2D eigenvalue weighted by Gasteiger charge is -2.06. The van der Waals surface area contributed by atoms with Gasteiger partial charge in [-0.25, -0.2) is 4.79 Å². The Bertz CT molecular complexity index is 398. The Morgan fingerprint density at radius 1 is 1.38 bits per heavy atom. The van der Waals surface area contributed by atoms with Crippen molar-refractivity contribution in [3.63, 3.8) is 0 Å². The zero-order valence-electron chi connectivity index (χ0n) is 9.38. The quantitative estimate of drug-likeness (QED) is 0.879. The standard InChI is InChI=1S/C12H15BrN2O/c1-9(2)7-14-12(16)15-8-10-5-3-4-6-11(10)13/h3-7H,8H2,1-2H3,(H2,14,15,16). The molecule has 1 aromatic carbocycles. The van der Waals surface area contributed by atoms with Crippen LogP contribution >= 0.6 is 15.9 Å². The first-order valence-corrected chi connectivity index (χ1v) is 5.80. The van der Waals surface area contributed by atoms with Crippen molar-refractivity contribution < 1.29 is 4.79 Å². The first-order chi connectivity index (χ1) is 7.59. The van der Waals surface area contributed by atoms with Gasteiger partial charge >= 0.3 is 6.03 Å². The van der Waals surface area contributed by atoms with Crippen molar-refractivity contribution in [3.05, 3.63) is 46.1 Å². The van der Waals surface area contributed by atoms with Crippen LogP contribution in [-0.2, 0) is 6.54 Å². The summed E-state index contributed by atoms with van der Waals surface area (Å²) in [5, 5.41) is 5.41. The Balaban J connectivity index is 2.43. The van der Waals surface area contributed by atoms with Gasteiger partial charge in [0.25, 0.3) is 0 Å². The molecule has 1 rings (SSSR count). The molecular formula is C12H15BrN2O. The summed E-state index contributed by atoms with van der Waals surface area (Å²) in [5.74, 6) is 0. The van der Waals surface area contributed by atoms with E-state index in [4.69, 9.17) is 0 Å². The fraction of sp³-hybridized carbons (Fsp3) is 0.250. The van der Waals surface area contributed by atoms with E-state index in [2.05, 4.69) is 26.6 Å². The van der Waals surface area contributed by atoms with Gasteiger partial charge in [-0.1, -0.05) is 39.7 Å². The molecule has 2 amide bonds. The van der Waals surface area contributed by atoms with Gasteiger partial charge in [0.2, 0.25) is 0 Å². The molecule has 0 aliphatic rings. The van der Waals surface area contributed by atoms with Gasteiger partial charge in [0.05, 0.1) is 0 Å². The van der Waals surface area contributed by atoms with Crippen molar-refractivity contribution in [3.8, 4) is 0 Å². The molecule has 0 bridgehead atoms. The number of allylic oxidation sites excluding steroid dienone is 1. The van der Waals surface area contributed by atoms with E-state index in [1.807, 2.05) is 38.1 Å². The van der Waals surface area contributed by atoms with Gasteiger partial charge in [-0.2, -0.15) is 0 Å². The van der Waals surface area contributed by atoms with Crippen molar-refractivity contribution in [2.24, 2.45) is 0 Å². The number of urea groups is 1. The molecule has 0 radical (unpaired) electrons. The third kappa shape index (κ3) is 4.49. The van der Waals surface area contributed by atoms with E-state index in [0.29, 0.717) is 6.54 Å². The summed E-state index contributed by atoms with van der Waals surface area (Å²) < 4.78 is 0.998. The first-order valence-electron chi connectivity index (χ1n) is 5.00. The lowest BCUT2D eigenvalue weighted by atomic mass is 10.2. The van der Waals surface area contributed by atoms with Gasteiger partial charge < -0.3 is 10.6 Å². The Morgan fingerprint density at radius 3 is 2.69 bits per heavy atom. The van der Waals surface area contributed by atoms with E-state index >= 15 is 0 Å². The maximum absolute atomic E-state index is 11.4. The fourth-order valence-electron chi connectivity index (χ4n) is 1.08. The van der Waals surface area contributed by atoms with Crippen LogP contribution in [0.5, 0.6) is 0 Å². The molecule has 0 fully saturated rings. The summed E-state index contributed by atoms with van der Waals surface area (Å²) in [6, 6.07) is 7.60. The lowest BCUT2D eigenvalue weighted by molar-refractivity contribution is 0.243. The Labute approximate surface area is 104 Å². The van der Waals surface area contributed by atoms with Gasteiger partial charge in [-0.3, -0.25) is 0 Å². The molecule has 0 unspecified atom stereocenters. The molecule has 0 saturated heterocycles. The maximum atomic E-state index is 11.4. The van der Waals surface area contributed by atoms with E-state index in [1.54, 1.807) is 6.20 Å². The van der Waals surface area contributed by atoms with Crippen LogP contribution in [0, 0.1) is 0 Å². The number of halogens is 1. The average molecular weight is 283 g/mol. The Hall–Kier alpha value is -1.29. The van der Waals surface area contributed by atoms with Gasteiger partial charge in [-0.05, 0) is 25.5 Å². The number of benzene rings is 1. The van der Waals surface area contributed by atoms with Crippen LogP contribution in [-0.4, -0.2) is 6.03 Å². The van der Waals surface area contributed by atoms with Crippen LogP contribution in [0.4, 0.5) is 4.79 Å². The summed E-state index contributed by atoms with van der Waals surface area (Å²) in [4.78, 5) is 11.4. The third-order valence-electron chi connectivity index (χ3n) is 1.89. The average Bonchev–Trinajstić information content (AvgIpc) is 2.25. The van der Waals surface area contributed by atoms with Gasteiger partial charge in [0.15, 0.2) is 0 Å². The summed E-state index contributed by atoms with van der Waals surface area (Å²) in [5.41, 5.74) is 2.10. The van der Waals surface area contributed by atoms with E-state index in [9.17, 15) is 4.79 Å². The Morgan fingerprint density at radius 2 is 2.06 bits per heavy atom. The molecule has 0 aliphatic heterocycles. The predicted octanol–water partition coefficient (Wildman–Crippen LogP) is 3.17. The molecule has 86 valence electrons. The second-order valence-electron chi connectivity index (χ2n) is 3.64. The second kappa shape index (κ2) is 6.33. The molecule has 3 nitrogen and oxygen atoms in total. The fourth-order valence-corrected chi connectivity index (χ4v) is 1.50. The number of hydrogen-bond acceptors (Lipinski definition) is 1. The SMILES string of the molecule is CC(C)=CNC(=O)NCc1ccccc1Br. The predicted molar refractivity (Wildman–Crippen MR) is 68.9 cm³/mol. The zero-order valence-corrected chi connectivity index (χ0v) is 11.0. The van der Waals surface area contributed by atoms with E-state index in [-0.39, 0.29) is 6.03 Å². The third-order valence-corrected chi connectivity index (χ3v) is 2.66. The van der Waals surface area contributed by atoms with Crippen LogP contribution in [0.2, 0.25) is 0 Å². The molecule has 0 saturated carbocycles. The van der Waals surface area contributed by atoms with Crippen molar-refractivity contribution in [1.82, 2.24) is 10.6 Å². The van der Waals surface area contributed by atoms with Crippen LogP contribution in [0.1, 0.15) is 19.4 Å². The number of hydrogen-bond donors (Lipinski definition) is 2. The minimum absolute atomic E-state index is 0.197. The summed E-state index contributed by atoms with van der Waals surface area (Å²) in [7, 11) is 0. The smallest absolute Gasteiger partial charge is 0.319 e. The Kier molecular flexibility index (Phi) is 5.05. The molecule has 0 spiro atoms. The number of amides is 2. The van der Waals surface area contributed by atoms with Crippen molar-refractivity contribution in [2.45, 2.75) is 20.4 Å². The van der Waals surface area contributed by atoms with Gasteiger partial charge in [0.1, 0.15) is 0 Å². The summed E-state index contributed by atoms with van der Waals surface area (Å²) in [6.45, 7) is 4.35. The van der Waals surface area contributed by atoms with Crippen LogP contribution in [0.25, 0.3) is 0 Å².